The zero-order chi connectivity index (χ0) is 22.7. The summed E-state index contributed by atoms with van der Waals surface area (Å²) in [5, 5.41) is 8.91. The van der Waals surface area contributed by atoms with E-state index < -0.39 is 10.0 Å². The van der Waals surface area contributed by atoms with Crippen molar-refractivity contribution in [2.45, 2.75) is 67.2 Å². The van der Waals surface area contributed by atoms with Gasteiger partial charge in [0.25, 0.3) is 0 Å². The molecule has 0 saturated heterocycles. The van der Waals surface area contributed by atoms with Gasteiger partial charge < -0.3 is 4.42 Å². The molecule has 3 aromatic rings. The van der Waals surface area contributed by atoms with Gasteiger partial charge in [-0.25, -0.2) is 13.4 Å². The zero-order valence-electron chi connectivity index (χ0n) is 18.6. The van der Waals surface area contributed by atoms with Crippen LogP contribution < -0.4 is 0 Å². The van der Waals surface area contributed by atoms with Crippen molar-refractivity contribution in [1.29, 1.82) is 0 Å². The van der Waals surface area contributed by atoms with Crippen LogP contribution in [-0.4, -0.2) is 41.0 Å². The minimum Gasteiger partial charge on any atom is -0.419 e. The molecule has 0 aliphatic heterocycles. The largest absolute Gasteiger partial charge is 0.419 e. The molecule has 0 bridgehead atoms. The molecule has 1 fully saturated rings. The third-order valence-corrected chi connectivity index (χ3v) is 8.79. The summed E-state index contributed by atoms with van der Waals surface area (Å²) in [6, 6.07) is 11.3. The lowest BCUT2D eigenvalue weighted by Gasteiger charge is -2.30. The Morgan fingerprint density at radius 1 is 1.06 bits per heavy atom. The van der Waals surface area contributed by atoms with Gasteiger partial charge in [0.05, 0.1) is 10.3 Å². The minimum absolute atomic E-state index is 0.0723. The smallest absolute Gasteiger partial charge is 0.247 e. The van der Waals surface area contributed by atoms with Gasteiger partial charge in [-0.2, -0.15) is 4.31 Å². The number of hydrogen-bond acceptors (Lipinski definition) is 7. The van der Waals surface area contributed by atoms with Crippen molar-refractivity contribution in [2.75, 3.05) is 7.05 Å². The molecule has 1 unspecified atom stereocenters. The predicted octanol–water partition coefficient (Wildman–Crippen LogP) is 5.25. The average molecular weight is 473 g/mol. The van der Waals surface area contributed by atoms with Gasteiger partial charge in [-0.3, -0.25) is 0 Å². The van der Waals surface area contributed by atoms with Crippen molar-refractivity contribution in [1.82, 2.24) is 19.5 Å². The Kier molecular flexibility index (Phi) is 6.97. The van der Waals surface area contributed by atoms with Crippen LogP contribution in [0.4, 0.5) is 0 Å². The van der Waals surface area contributed by atoms with E-state index >= 15 is 0 Å². The van der Waals surface area contributed by atoms with E-state index in [0.29, 0.717) is 16.8 Å². The lowest BCUT2D eigenvalue weighted by molar-refractivity contribution is 0.285. The molecule has 1 saturated carbocycles. The Bertz CT molecular complexity index is 1140. The number of thioether (sulfide) groups is 1. The molecule has 1 atom stereocenters. The topological polar surface area (TPSA) is 89.2 Å². The van der Waals surface area contributed by atoms with Crippen molar-refractivity contribution in [3.05, 3.63) is 54.0 Å². The first-order valence-corrected chi connectivity index (χ1v) is 13.2. The Balaban J connectivity index is 1.42. The van der Waals surface area contributed by atoms with E-state index in [-0.39, 0.29) is 16.2 Å². The fourth-order valence-corrected chi connectivity index (χ4v) is 6.02. The first-order valence-electron chi connectivity index (χ1n) is 10.9. The third-order valence-electron chi connectivity index (χ3n) is 5.86. The fourth-order valence-electron chi connectivity index (χ4n) is 3.84. The maximum absolute atomic E-state index is 13.0. The van der Waals surface area contributed by atoms with Crippen LogP contribution in [0, 0.1) is 6.92 Å². The van der Waals surface area contributed by atoms with Crippen molar-refractivity contribution in [2.24, 2.45) is 0 Å². The highest BCUT2D eigenvalue weighted by Crippen LogP contribution is 2.35. The highest BCUT2D eigenvalue weighted by molar-refractivity contribution is 7.99. The van der Waals surface area contributed by atoms with Gasteiger partial charge in [0.1, 0.15) is 4.90 Å². The summed E-state index contributed by atoms with van der Waals surface area (Å²) in [5.74, 6) is 0.980. The summed E-state index contributed by atoms with van der Waals surface area (Å²) in [7, 11) is -1.87. The number of aryl methyl sites for hydroxylation is 1. The molecule has 0 radical (unpaired) electrons. The van der Waals surface area contributed by atoms with Crippen LogP contribution in [0.1, 0.15) is 55.7 Å². The number of nitrogens with zero attached hydrogens (tertiary/aromatic N) is 4. The molecule has 0 spiro atoms. The Morgan fingerprint density at radius 3 is 2.44 bits per heavy atom. The van der Waals surface area contributed by atoms with E-state index in [0.717, 1.165) is 31.2 Å². The Hall–Kier alpha value is -2.23. The zero-order valence-corrected chi connectivity index (χ0v) is 20.2. The number of sulfonamides is 1. The van der Waals surface area contributed by atoms with Crippen LogP contribution in [0.3, 0.4) is 0 Å². The predicted molar refractivity (Wildman–Crippen MR) is 125 cm³/mol. The molecule has 32 heavy (non-hydrogen) atoms. The number of pyridine rings is 1. The highest BCUT2D eigenvalue weighted by Gasteiger charge is 2.29. The van der Waals surface area contributed by atoms with E-state index in [1.165, 1.54) is 34.2 Å². The van der Waals surface area contributed by atoms with Crippen LogP contribution in [0.2, 0.25) is 0 Å². The van der Waals surface area contributed by atoms with Crippen LogP contribution in [0.25, 0.3) is 11.5 Å². The second kappa shape index (κ2) is 9.72. The van der Waals surface area contributed by atoms with E-state index in [1.54, 1.807) is 19.2 Å². The number of hydrogen-bond donors (Lipinski definition) is 0. The van der Waals surface area contributed by atoms with Gasteiger partial charge in [0.15, 0.2) is 0 Å². The summed E-state index contributed by atoms with van der Waals surface area (Å²) in [6.07, 6.45) is 6.62. The van der Waals surface area contributed by atoms with Gasteiger partial charge in [0.2, 0.25) is 21.8 Å². The normalized spacial score (nSPS) is 16.4. The lowest BCUT2D eigenvalue weighted by Crippen LogP contribution is -2.38. The van der Waals surface area contributed by atoms with Gasteiger partial charge in [-0.05, 0) is 51.0 Å². The molecule has 1 aromatic carbocycles. The van der Waals surface area contributed by atoms with Crippen LogP contribution >= 0.6 is 11.8 Å². The molecule has 0 amide bonds. The van der Waals surface area contributed by atoms with Crippen LogP contribution in [0.5, 0.6) is 0 Å². The van der Waals surface area contributed by atoms with E-state index in [2.05, 4.69) is 15.2 Å². The minimum atomic E-state index is -3.55. The molecule has 0 N–H and O–H groups in total. The first kappa shape index (κ1) is 22.9. The maximum Gasteiger partial charge on any atom is 0.247 e. The molecule has 170 valence electrons. The summed E-state index contributed by atoms with van der Waals surface area (Å²) in [4.78, 5) is 4.60. The quantitative estimate of drug-likeness (QED) is 0.434. The Labute approximate surface area is 193 Å². The van der Waals surface area contributed by atoms with E-state index in [9.17, 15) is 8.42 Å². The van der Waals surface area contributed by atoms with Crippen molar-refractivity contribution in [3.63, 3.8) is 0 Å². The van der Waals surface area contributed by atoms with Crippen LogP contribution in [-0.2, 0) is 10.0 Å². The molecular formula is C23H28N4O3S2. The summed E-state index contributed by atoms with van der Waals surface area (Å²) in [6.45, 7) is 3.99. The molecule has 4 rings (SSSR count). The second-order valence-electron chi connectivity index (χ2n) is 8.22. The number of rotatable bonds is 7. The second-order valence-corrected chi connectivity index (χ2v) is 11.6. The maximum atomic E-state index is 13.0. The van der Waals surface area contributed by atoms with Crippen molar-refractivity contribution >= 4 is 21.8 Å². The SMILES string of the molecule is Cc1ccc(-c2nnc(C(C)Sc3ccc(S(=O)(=O)N(C)C4CCCCC4)cn3)o2)cc1. The number of benzene rings is 1. The fraction of sp³-hybridized carbons (Fsp3) is 0.435. The molecule has 1 aliphatic rings. The van der Waals surface area contributed by atoms with Crippen molar-refractivity contribution < 1.29 is 12.8 Å². The standard InChI is InChI=1S/C23H28N4O3S2/c1-16-9-11-18(12-10-16)23-26-25-22(30-23)17(2)31-21-14-13-20(15-24-21)32(28,29)27(3)19-7-5-4-6-8-19/h9-15,17,19H,4-8H2,1-3H3. The van der Waals surface area contributed by atoms with E-state index in [1.807, 2.05) is 38.1 Å². The van der Waals surface area contributed by atoms with E-state index in [4.69, 9.17) is 4.42 Å². The first-order chi connectivity index (χ1) is 15.3. The lowest BCUT2D eigenvalue weighted by atomic mass is 9.96. The molecule has 2 aromatic heterocycles. The van der Waals surface area contributed by atoms with Crippen LogP contribution in [0.15, 0.2) is 56.9 Å². The monoisotopic (exact) mass is 472 g/mol. The average Bonchev–Trinajstić information content (AvgIpc) is 3.30. The van der Waals surface area contributed by atoms with Gasteiger partial charge in [0, 0.05) is 24.8 Å². The molecule has 2 heterocycles. The summed E-state index contributed by atoms with van der Waals surface area (Å²) in [5.41, 5.74) is 2.04. The summed E-state index contributed by atoms with van der Waals surface area (Å²) < 4.78 is 33.3. The Morgan fingerprint density at radius 2 is 1.78 bits per heavy atom. The molecule has 1 aliphatic carbocycles. The third kappa shape index (κ3) is 5.05. The number of aromatic nitrogens is 3. The molecule has 9 heteroatoms. The van der Waals surface area contributed by atoms with Gasteiger partial charge in [-0.1, -0.05) is 48.7 Å². The molecule has 7 nitrogen and oxygen atoms in total. The highest BCUT2D eigenvalue weighted by atomic mass is 32.2. The van der Waals surface area contributed by atoms with Gasteiger partial charge in [-0.15, -0.1) is 10.2 Å². The summed E-state index contributed by atoms with van der Waals surface area (Å²) >= 11 is 1.45. The van der Waals surface area contributed by atoms with Gasteiger partial charge >= 0.3 is 0 Å². The molecular weight excluding hydrogens is 444 g/mol. The van der Waals surface area contributed by atoms with Crippen molar-refractivity contribution in [3.8, 4) is 11.5 Å².